The van der Waals surface area contributed by atoms with Gasteiger partial charge < -0.3 is 23.7 Å². The second-order valence-corrected chi connectivity index (χ2v) is 16.9. The van der Waals surface area contributed by atoms with Crippen LogP contribution in [0.1, 0.15) is 37.4 Å². The lowest BCUT2D eigenvalue weighted by atomic mass is 9.86. The number of halogens is 1. The Hall–Kier alpha value is -2.56. The summed E-state index contributed by atoms with van der Waals surface area (Å²) in [6.07, 6.45) is 6.81. The van der Waals surface area contributed by atoms with Crippen molar-refractivity contribution in [3.63, 3.8) is 0 Å². The second kappa shape index (κ2) is 11.4. The number of hydrogen-bond donors (Lipinski definition) is 0. The average Bonchev–Trinajstić information content (AvgIpc) is 3.27. The number of ether oxygens (including phenoxy) is 3. The third-order valence-corrected chi connectivity index (χ3v) is 8.91. The van der Waals surface area contributed by atoms with Crippen molar-refractivity contribution >= 4 is 24.8 Å². The fourth-order valence-corrected chi connectivity index (χ4v) is 5.80. The number of morpholine rings is 1. The SMILES string of the molecule is C[Si](C)(C)CCOCn1cc(F)nc1C1CCC(Oc2nc(N3CCOCC3)cc3ncccc23)CC1. The Morgan fingerprint density at radius 3 is 2.65 bits per heavy atom. The molecular formula is C27H38FN5O3Si. The lowest BCUT2D eigenvalue weighted by Crippen LogP contribution is -2.36. The van der Waals surface area contributed by atoms with Gasteiger partial charge in [-0.15, -0.1) is 0 Å². The van der Waals surface area contributed by atoms with E-state index >= 15 is 0 Å². The summed E-state index contributed by atoms with van der Waals surface area (Å²) in [6, 6.07) is 7.06. The van der Waals surface area contributed by atoms with Crippen molar-refractivity contribution in [1.82, 2.24) is 19.5 Å². The van der Waals surface area contributed by atoms with Crippen LogP contribution in [0.2, 0.25) is 25.7 Å². The maximum absolute atomic E-state index is 14.1. The molecule has 1 aliphatic heterocycles. The molecule has 0 N–H and O–H groups in total. The lowest BCUT2D eigenvalue weighted by Gasteiger charge is -2.30. The molecule has 0 amide bonds. The molecule has 0 bridgehead atoms. The molecule has 2 fully saturated rings. The first-order valence-corrected chi connectivity index (χ1v) is 17.1. The van der Waals surface area contributed by atoms with Crippen LogP contribution in [-0.4, -0.2) is 66.6 Å². The molecular weight excluding hydrogens is 489 g/mol. The number of rotatable bonds is 9. The molecule has 5 rings (SSSR count). The van der Waals surface area contributed by atoms with E-state index in [1.807, 2.05) is 22.8 Å². The summed E-state index contributed by atoms with van der Waals surface area (Å²) >= 11 is 0. The number of fused-ring (bicyclic) bond motifs is 1. The number of pyridine rings is 2. The quantitative estimate of drug-likeness (QED) is 0.279. The van der Waals surface area contributed by atoms with Crippen LogP contribution < -0.4 is 9.64 Å². The van der Waals surface area contributed by atoms with Gasteiger partial charge in [0.25, 0.3) is 0 Å². The molecule has 0 radical (unpaired) electrons. The molecule has 8 nitrogen and oxygen atoms in total. The zero-order valence-corrected chi connectivity index (χ0v) is 23.2. The van der Waals surface area contributed by atoms with Gasteiger partial charge in [-0.25, -0.2) is 4.98 Å². The second-order valence-electron chi connectivity index (χ2n) is 11.3. The van der Waals surface area contributed by atoms with E-state index in [0.717, 1.165) is 67.4 Å². The molecule has 10 heteroatoms. The number of anilines is 1. The molecule has 0 aromatic carbocycles. The third kappa shape index (κ3) is 6.66. The van der Waals surface area contributed by atoms with Crippen LogP contribution in [0.25, 0.3) is 10.9 Å². The van der Waals surface area contributed by atoms with E-state index in [9.17, 15) is 4.39 Å². The van der Waals surface area contributed by atoms with Gasteiger partial charge in [-0.3, -0.25) is 4.98 Å². The monoisotopic (exact) mass is 527 g/mol. The molecule has 3 aromatic rings. The number of aromatic nitrogens is 4. The fraction of sp³-hybridized carbons (Fsp3) is 0.593. The fourth-order valence-electron chi connectivity index (χ4n) is 5.04. The summed E-state index contributed by atoms with van der Waals surface area (Å²) in [4.78, 5) is 15.9. The van der Waals surface area contributed by atoms with E-state index < -0.39 is 14.0 Å². The Labute approximate surface area is 219 Å². The maximum atomic E-state index is 14.1. The van der Waals surface area contributed by atoms with E-state index in [0.29, 0.717) is 32.4 Å². The highest BCUT2D eigenvalue weighted by atomic mass is 28.3. The lowest BCUT2D eigenvalue weighted by molar-refractivity contribution is 0.0818. The molecule has 0 unspecified atom stereocenters. The molecule has 0 spiro atoms. The van der Waals surface area contributed by atoms with Crippen molar-refractivity contribution < 1.29 is 18.6 Å². The zero-order valence-electron chi connectivity index (χ0n) is 22.2. The first-order chi connectivity index (χ1) is 17.9. The molecule has 3 aromatic heterocycles. The molecule has 200 valence electrons. The van der Waals surface area contributed by atoms with Crippen LogP contribution >= 0.6 is 0 Å². The third-order valence-electron chi connectivity index (χ3n) is 7.21. The number of hydrogen-bond acceptors (Lipinski definition) is 7. The molecule has 1 saturated carbocycles. The predicted octanol–water partition coefficient (Wildman–Crippen LogP) is 5.22. The van der Waals surface area contributed by atoms with E-state index in [-0.39, 0.29) is 12.0 Å². The van der Waals surface area contributed by atoms with Gasteiger partial charge in [0.1, 0.15) is 24.5 Å². The van der Waals surface area contributed by atoms with Crippen molar-refractivity contribution in [3.05, 3.63) is 42.4 Å². The van der Waals surface area contributed by atoms with Crippen molar-refractivity contribution in [2.75, 3.05) is 37.8 Å². The van der Waals surface area contributed by atoms with E-state index in [1.165, 1.54) is 6.20 Å². The Kier molecular flexibility index (Phi) is 8.06. The topological polar surface area (TPSA) is 74.5 Å². The van der Waals surface area contributed by atoms with Crippen LogP contribution in [0.5, 0.6) is 5.88 Å². The van der Waals surface area contributed by atoms with Crippen LogP contribution in [0.15, 0.2) is 30.6 Å². The van der Waals surface area contributed by atoms with Crippen molar-refractivity contribution in [3.8, 4) is 5.88 Å². The van der Waals surface area contributed by atoms with Crippen molar-refractivity contribution in [2.24, 2.45) is 0 Å². The minimum absolute atomic E-state index is 0.0494. The largest absolute Gasteiger partial charge is 0.474 e. The summed E-state index contributed by atoms with van der Waals surface area (Å²) in [5, 5.41) is 0.926. The van der Waals surface area contributed by atoms with E-state index in [4.69, 9.17) is 19.2 Å². The van der Waals surface area contributed by atoms with Gasteiger partial charge in [0.2, 0.25) is 11.8 Å². The highest BCUT2D eigenvalue weighted by molar-refractivity contribution is 6.76. The predicted molar refractivity (Wildman–Crippen MR) is 144 cm³/mol. The van der Waals surface area contributed by atoms with Crippen molar-refractivity contribution in [2.45, 2.75) is 70.1 Å². The van der Waals surface area contributed by atoms with Gasteiger partial charge in [-0.05, 0) is 43.9 Å². The first kappa shape index (κ1) is 26.1. The minimum Gasteiger partial charge on any atom is -0.474 e. The normalized spacial score (nSPS) is 20.9. The molecule has 4 heterocycles. The molecule has 0 atom stereocenters. The van der Waals surface area contributed by atoms with Crippen molar-refractivity contribution in [1.29, 1.82) is 0 Å². The Bertz CT molecular complexity index is 1190. The molecule has 1 saturated heterocycles. The maximum Gasteiger partial charge on any atom is 0.231 e. The van der Waals surface area contributed by atoms with Gasteiger partial charge >= 0.3 is 0 Å². The Balaban J connectivity index is 1.23. The van der Waals surface area contributed by atoms with E-state index in [1.54, 1.807) is 6.20 Å². The zero-order chi connectivity index (χ0) is 25.8. The van der Waals surface area contributed by atoms with Gasteiger partial charge in [0, 0.05) is 46.0 Å². The summed E-state index contributed by atoms with van der Waals surface area (Å²) < 4.78 is 33.8. The molecule has 37 heavy (non-hydrogen) atoms. The number of imidazole rings is 1. The highest BCUT2D eigenvalue weighted by Crippen LogP contribution is 2.36. The van der Waals surface area contributed by atoms with Crippen LogP contribution in [0, 0.1) is 5.95 Å². The van der Waals surface area contributed by atoms with Gasteiger partial charge in [-0.1, -0.05) is 19.6 Å². The average molecular weight is 528 g/mol. The van der Waals surface area contributed by atoms with Gasteiger partial charge in [0.05, 0.1) is 30.3 Å². The molecule has 1 aliphatic carbocycles. The summed E-state index contributed by atoms with van der Waals surface area (Å²) in [5.41, 5.74) is 0.884. The van der Waals surface area contributed by atoms with Crippen LogP contribution in [0.3, 0.4) is 0 Å². The smallest absolute Gasteiger partial charge is 0.231 e. The summed E-state index contributed by atoms with van der Waals surface area (Å²) in [5.74, 6) is 2.05. The number of nitrogens with zero attached hydrogens (tertiary/aromatic N) is 5. The summed E-state index contributed by atoms with van der Waals surface area (Å²) in [6.45, 7) is 11.0. The Morgan fingerprint density at radius 2 is 1.89 bits per heavy atom. The minimum atomic E-state index is -1.16. The van der Waals surface area contributed by atoms with Gasteiger partial charge in [0.15, 0.2) is 0 Å². The van der Waals surface area contributed by atoms with Crippen LogP contribution in [-0.2, 0) is 16.2 Å². The first-order valence-electron chi connectivity index (χ1n) is 13.4. The Morgan fingerprint density at radius 1 is 1.11 bits per heavy atom. The summed E-state index contributed by atoms with van der Waals surface area (Å²) in [7, 11) is -1.16. The molecule has 2 aliphatic rings. The van der Waals surface area contributed by atoms with E-state index in [2.05, 4.69) is 34.5 Å². The highest BCUT2D eigenvalue weighted by Gasteiger charge is 2.28. The standard InChI is InChI=1S/C27H38FN5O3Si/c1-37(2,3)16-15-35-19-33-18-24(28)30-26(33)20-6-8-21(9-7-20)36-27-22-5-4-10-29-23(22)17-25(31-27)32-11-13-34-14-12-32/h4-5,10,17-18,20-21H,6-9,11-16,19H2,1-3H3. The van der Waals surface area contributed by atoms with Crippen LogP contribution in [0.4, 0.5) is 10.2 Å². The van der Waals surface area contributed by atoms with Gasteiger partial charge in [-0.2, -0.15) is 9.37 Å².